The molecule has 0 spiro atoms. The van der Waals surface area contributed by atoms with Crippen molar-refractivity contribution in [2.45, 2.75) is 26.3 Å². The second-order valence-corrected chi connectivity index (χ2v) is 6.07. The Morgan fingerprint density at radius 1 is 1.44 bits per heavy atom. The topological polar surface area (TPSA) is 53.9 Å². The highest BCUT2D eigenvalue weighted by atomic mass is 127. The number of hydrogen-bond donors (Lipinski definition) is 1. The minimum atomic E-state index is -0.425. The van der Waals surface area contributed by atoms with Gasteiger partial charge >= 0.3 is 5.97 Å². The fourth-order valence-corrected chi connectivity index (χ4v) is 2.95. The maximum absolute atomic E-state index is 13.2. The normalized spacial score (nSPS) is 15.5. The maximum Gasteiger partial charge on any atom is 0.309 e. The summed E-state index contributed by atoms with van der Waals surface area (Å²) in [5, 5.41) is 3.36. The lowest BCUT2D eigenvalue weighted by Crippen LogP contribution is -2.46. The lowest BCUT2D eigenvalue weighted by atomic mass is 9.97. The smallest absolute Gasteiger partial charge is 0.309 e. The van der Waals surface area contributed by atoms with Crippen molar-refractivity contribution in [3.63, 3.8) is 0 Å². The molecule has 5 nitrogen and oxygen atoms in total. The van der Waals surface area contributed by atoms with E-state index in [-0.39, 0.29) is 40.9 Å². The third-order valence-electron chi connectivity index (χ3n) is 4.06. The molecule has 1 fully saturated rings. The number of carbonyl (C=O) groups is 1. The van der Waals surface area contributed by atoms with Crippen LogP contribution in [0.25, 0.3) is 0 Å². The molecule has 8 heteroatoms. The van der Waals surface area contributed by atoms with Crippen molar-refractivity contribution in [3.05, 3.63) is 34.6 Å². The molecular formula is C17H24ClFIN3O2. The van der Waals surface area contributed by atoms with Crippen LogP contribution in [0.4, 0.5) is 4.39 Å². The van der Waals surface area contributed by atoms with E-state index in [2.05, 4.69) is 15.2 Å². The van der Waals surface area contributed by atoms with E-state index in [1.54, 1.807) is 19.2 Å². The monoisotopic (exact) mass is 483 g/mol. The summed E-state index contributed by atoms with van der Waals surface area (Å²) in [5.41, 5.74) is 0.879. The number of carbonyl (C=O) groups excluding carboxylic acids is 1. The van der Waals surface area contributed by atoms with Gasteiger partial charge < -0.3 is 15.0 Å². The van der Waals surface area contributed by atoms with E-state index in [0.717, 1.165) is 37.5 Å². The first kappa shape index (κ1) is 22.0. The highest BCUT2D eigenvalue weighted by Crippen LogP contribution is 2.19. The van der Waals surface area contributed by atoms with Gasteiger partial charge in [0, 0.05) is 26.7 Å². The number of likely N-dealkylation sites (tertiary alicyclic amines) is 1. The van der Waals surface area contributed by atoms with E-state index in [1.165, 1.54) is 6.07 Å². The number of guanidine groups is 1. The first-order chi connectivity index (χ1) is 11.5. The van der Waals surface area contributed by atoms with Gasteiger partial charge in [0.2, 0.25) is 0 Å². The Labute approximate surface area is 170 Å². The van der Waals surface area contributed by atoms with Crippen LogP contribution in [0, 0.1) is 11.7 Å². The zero-order valence-corrected chi connectivity index (χ0v) is 17.5. The standard InChI is InChI=1S/C17H23ClFN3O2.HI/c1-3-24-16(23)13-6-8-22(9-7-13)17(20-2)21-11-12-4-5-15(19)14(18)10-12;/h4-5,10,13H,3,6-9,11H2,1-2H3,(H,20,21);1H. The number of esters is 1. The molecule has 0 atom stereocenters. The van der Waals surface area contributed by atoms with Gasteiger partial charge in [-0.2, -0.15) is 0 Å². The van der Waals surface area contributed by atoms with Crippen molar-refractivity contribution in [2.75, 3.05) is 26.7 Å². The average Bonchev–Trinajstić information content (AvgIpc) is 2.59. The van der Waals surface area contributed by atoms with Gasteiger partial charge in [-0.05, 0) is 37.5 Å². The molecule has 140 valence electrons. The van der Waals surface area contributed by atoms with Gasteiger partial charge in [0.05, 0.1) is 17.5 Å². The van der Waals surface area contributed by atoms with Crippen LogP contribution < -0.4 is 5.32 Å². The van der Waals surface area contributed by atoms with E-state index in [4.69, 9.17) is 16.3 Å². The average molecular weight is 484 g/mol. The third-order valence-corrected chi connectivity index (χ3v) is 4.35. The van der Waals surface area contributed by atoms with Crippen LogP contribution in [0.2, 0.25) is 5.02 Å². The molecule has 1 heterocycles. The Hall–Kier alpha value is -1.09. The summed E-state index contributed by atoms with van der Waals surface area (Å²) in [5.74, 6) is 0.194. The van der Waals surface area contributed by atoms with Crippen LogP contribution >= 0.6 is 35.6 Å². The lowest BCUT2D eigenvalue weighted by Gasteiger charge is -2.33. The predicted molar refractivity (Wildman–Crippen MR) is 108 cm³/mol. The Kier molecular flexibility index (Phi) is 9.48. The molecule has 25 heavy (non-hydrogen) atoms. The molecule has 1 aliphatic heterocycles. The van der Waals surface area contributed by atoms with Crippen molar-refractivity contribution in [1.82, 2.24) is 10.2 Å². The SMILES string of the molecule is CCOC(=O)C1CCN(C(=NC)NCc2ccc(F)c(Cl)c2)CC1.I. The van der Waals surface area contributed by atoms with Crippen LogP contribution in [0.5, 0.6) is 0 Å². The first-order valence-electron chi connectivity index (χ1n) is 8.11. The Morgan fingerprint density at radius 3 is 2.68 bits per heavy atom. The van der Waals surface area contributed by atoms with E-state index < -0.39 is 5.82 Å². The van der Waals surface area contributed by atoms with Crippen LogP contribution in [-0.4, -0.2) is 43.6 Å². The first-order valence-corrected chi connectivity index (χ1v) is 8.49. The van der Waals surface area contributed by atoms with Crippen LogP contribution in [0.1, 0.15) is 25.3 Å². The van der Waals surface area contributed by atoms with Crippen LogP contribution in [0.3, 0.4) is 0 Å². The molecule has 0 aliphatic carbocycles. The highest BCUT2D eigenvalue weighted by Gasteiger charge is 2.27. The zero-order valence-electron chi connectivity index (χ0n) is 14.4. The number of halogens is 3. The molecular weight excluding hydrogens is 460 g/mol. The zero-order chi connectivity index (χ0) is 17.5. The molecule has 1 N–H and O–H groups in total. The van der Waals surface area contributed by atoms with E-state index in [1.807, 2.05) is 6.92 Å². The number of nitrogens with zero attached hydrogens (tertiary/aromatic N) is 2. The highest BCUT2D eigenvalue weighted by molar-refractivity contribution is 14.0. The molecule has 0 aromatic heterocycles. The number of piperidine rings is 1. The van der Waals surface area contributed by atoms with Gasteiger partial charge in [0.1, 0.15) is 5.82 Å². The van der Waals surface area contributed by atoms with Crippen LogP contribution in [0.15, 0.2) is 23.2 Å². The summed E-state index contributed by atoms with van der Waals surface area (Å²) in [6.45, 7) is 4.23. The lowest BCUT2D eigenvalue weighted by molar-refractivity contribution is -0.149. The van der Waals surface area contributed by atoms with Crippen molar-refractivity contribution >= 4 is 47.5 Å². The fourth-order valence-electron chi connectivity index (χ4n) is 2.75. The quantitative estimate of drug-likeness (QED) is 0.308. The minimum Gasteiger partial charge on any atom is -0.466 e. The van der Waals surface area contributed by atoms with Gasteiger partial charge in [-0.25, -0.2) is 4.39 Å². The molecule has 2 rings (SSSR count). The molecule has 0 saturated carbocycles. The summed E-state index contributed by atoms with van der Waals surface area (Å²) in [6.07, 6.45) is 1.50. The molecule has 1 saturated heterocycles. The van der Waals surface area contributed by atoms with Crippen molar-refractivity contribution in [3.8, 4) is 0 Å². The fraction of sp³-hybridized carbons (Fsp3) is 0.529. The van der Waals surface area contributed by atoms with E-state index in [9.17, 15) is 9.18 Å². The molecule has 0 amide bonds. The number of rotatable bonds is 4. The minimum absolute atomic E-state index is 0. The van der Waals surface area contributed by atoms with Crippen molar-refractivity contribution in [2.24, 2.45) is 10.9 Å². The second-order valence-electron chi connectivity index (χ2n) is 5.66. The van der Waals surface area contributed by atoms with Gasteiger partial charge in [-0.15, -0.1) is 24.0 Å². The number of nitrogens with one attached hydrogen (secondary N) is 1. The summed E-state index contributed by atoms with van der Waals surface area (Å²) in [6, 6.07) is 4.64. The van der Waals surface area contributed by atoms with Gasteiger partial charge in [0.15, 0.2) is 5.96 Å². The summed E-state index contributed by atoms with van der Waals surface area (Å²) < 4.78 is 18.3. The largest absolute Gasteiger partial charge is 0.466 e. The Bertz CT molecular complexity index is 608. The Balaban J connectivity index is 0.00000312. The number of ether oxygens (including phenoxy) is 1. The number of hydrogen-bond acceptors (Lipinski definition) is 3. The second kappa shape index (κ2) is 10.8. The van der Waals surface area contributed by atoms with Crippen molar-refractivity contribution in [1.29, 1.82) is 0 Å². The maximum atomic E-state index is 13.2. The summed E-state index contributed by atoms with van der Waals surface area (Å²) in [7, 11) is 1.72. The Morgan fingerprint density at radius 2 is 2.12 bits per heavy atom. The van der Waals surface area contributed by atoms with Gasteiger partial charge in [-0.3, -0.25) is 9.79 Å². The molecule has 1 aromatic rings. The molecule has 0 bridgehead atoms. The molecule has 0 unspecified atom stereocenters. The third kappa shape index (κ3) is 6.29. The molecule has 1 aromatic carbocycles. The molecule has 0 radical (unpaired) electrons. The van der Waals surface area contributed by atoms with Crippen LogP contribution in [-0.2, 0) is 16.1 Å². The molecule has 1 aliphatic rings. The summed E-state index contributed by atoms with van der Waals surface area (Å²) in [4.78, 5) is 18.2. The predicted octanol–water partition coefficient (Wildman–Crippen LogP) is 3.45. The van der Waals surface area contributed by atoms with Gasteiger partial charge in [-0.1, -0.05) is 17.7 Å². The van der Waals surface area contributed by atoms with Crippen molar-refractivity contribution < 1.29 is 13.9 Å². The van der Waals surface area contributed by atoms with Gasteiger partial charge in [0.25, 0.3) is 0 Å². The number of benzene rings is 1. The number of aliphatic imine (C=N–C) groups is 1. The summed E-state index contributed by atoms with van der Waals surface area (Å²) >= 11 is 5.80. The van der Waals surface area contributed by atoms with E-state index >= 15 is 0 Å². The van der Waals surface area contributed by atoms with E-state index in [0.29, 0.717) is 13.2 Å².